The minimum absolute atomic E-state index is 0.0454. The van der Waals surface area contributed by atoms with Crippen molar-refractivity contribution >= 4 is 29.4 Å². The molecule has 1 saturated carbocycles. The number of imidazole rings is 1. The molecule has 2 aliphatic rings. The van der Waals surface area contributed by atoms with Gasteiger partial charge in [0.05, 0.1) is 6.33 Å². The van der Waals surface area contributed by atoms with E-state index < -0.39 is 24.5 Å². The Kier molecular flexibility index (Phi) is 10.7. The maximum absolute atomic E-state index is 11.1. The Bertz CT molecular complexity index is 1760. The van der Waals surface area contributed by atoms with Gasteiger partial charge in [-0.25, -0.2) is 4.98 Å². The maximum atomic E-state index is 11.1. The number of carboxylic acid groups (broad SMARTS) is 1. The number of anilines is 2. The van der Waals surface area contributed by atoms with E-state index in [1.54, 1.807) is 10.9 Å². The lowest BCUT2D eigenvalue weighted by atomic mass is 9.91. The molecule has 3 aromatic heterocycles. The number of benzene rings is 2. The number of aliphatic hydroxyl groups is 2. The summed E-state index contributed by atoms with van der Waals surface area (Å²) in [6, 6.07) is 21.1. The van der Waals surface area contributed by atoms with E-state index in [1.807, 2.05) is 43.3 Å². The van der Waals surface area contributed by atoms with Crippen LogP contribution in [-0.4, -0.2) is 82.3 Å². The highest BCUT2D eigenvalue weighted by Crippen LogP contribution is 2.40. The molecule has 7 N–H and O–H groups in total. The monoisotopic (exact) mass is 671 g/mol. The summed E-state index contributed by atoms with van der Waals surface area (Å²) >= 11 is 0. The van der Waals surface area contributed by atoms with Gasteiger partial charge >= 0.3 is 0 Å². The van der Waals surface area contributed by atoms with Gasteiger partial charge in [0.25, 0.3) is 6.47 Å². The van der Waals surface area contributed by atoms with Crippen LogP contribution in [-0.2, 0) is 16.0 Å². The van der Waals surface area contributed by atoms with Gasteiger partial charge in [0.15, 0.2) is 29.3 Å². The molecule has 1 aliphatic carbocycles. The van der Waals surface area contributed by atoms with Gasteiger partial charge in [-0.05, 0) is 36.8 Å². The Morgan fingerprint density at radius 3 is 2.24 bits per heavy atom. The number of hydrogen-bond acceptors (Lipinski definition) is 13. The maximum Gasteiger partial charge on any atom is 0.290 e. The van der Waals surface area contributed by atoms with Crippen molar-refractivity contribution in [2.75, 3.05) is 17.2 Å². The molecule has 2 fully saturated rings. The highest BCUT2D eigenvalue weighted by atomic mass is 16.6. The molecule has 0 bridgehead atoms. The van der Waals surface area contributed by atoms with Crippen molar-refractivity contribution in [3.63, 3.8) is 0 Å². The van der Waals surface area contributed by atoms with Crippen molar-refractivity contribution in [2.45, 2.75) is 81.6 Å². The summed E-state index contributed by atoms with van der Waals surface area (Å²) < 4.78 is 13.4. The second-order valence-electron chi connectivity index (χ2n) is 12.2. The topological polar surface area (TPSA) is 220 Å². The Hall–Kier alpha value is -4.96. The molecule has 5 aromatic rings. The molecule has 0 amide bonds. The number of nitrogens with one attached hydrogen (secondary N) is 2. The zero-order valence-corrected chi connectivity index (χ0v) is 27.0. The average Bonchev–Trinajstić information content (AvgIpc) is 3.85. The van der Waals surface area contributed by atoms with Crippen LogP contribution in [0.1, 0.15) is 73.8 Å². The third-order valence-electron chi connectivity index (χ3n) is 8.94. The Balaban J connectivity index is 0.00000134. The Morgan fingerprint density at radius 2 is 1.63 bits per heavy atom. The lowest BCUT2D eigenvalue weighted by molar-refractivity contribution is -0.122. The van der Waals surface area contributed by atoms with Gasteiger partial charge < -0.3 is 40.8 Å². The molecule has 2 aromatic carbocycles. The Labute approximate surface area is 282 Å². The summed E-state index contributed by atoms with van der Waals surface area (Å²) in [4.78, 5) is 22.8. The summed E-state index contributed by atoms with van der Waals surface area (Å²) in [6.45, 7) is 2.18. The molecule has 15 heteroatoms. The number of aromatic nitrogens is 6. The molecule has 49 heavy (non-hydrogen) atoms. The summed E-state index contributed by atoms with van der Waals surface area (Å²) in [5.41, 5.74) is 9.46. The molecular formula is C34H41N9O6. The second kappa shape index (κ2) is 15.5. The second-order valence-corrected chi connectivity index (χ2v) is 12.2. The van der Waals surface area contributed by atoms with Crippen LogP contribution in [0.25, 0.3) is 11.2 Å². The van der Waals surface area contributed by atoms with E-state index in [-0.39, 0.29) is 30.4 Å². The van der Waals surface area contributed by atoms with Crippen LogP contribution in [0.4, 0.5) is 11.8 Å². The predicted molar refractivity (Wildman–Crippen MR) is 180 cm³/mol. The zero-order valence-electron chi connectivity index (χ0n) is 27.0. The quantitative estimate of drug-likeness (QED) is 0.117. The first-order chi connectivity index (χ1) is 23.9. The molecule has 0 spiro atoms. The van der Waals surface area contributed by atoms with Gasteiger partial charge in [-0.1, -0.05) is 67.6 Å². The third kappa shape index (κ3) is 7.54. The lowest BCUT2D eigenvalue weighted by Crippen LogP contribution is -2.33. The van der Waals surface area contributed by atoms with E-state index in [0.717, 1.165) is 25.7 Å². The first-order valence-corrected chi connectivity index (χ1v) is 16.4. The number of ether oxygens (including phenoxy) is 1. The first-order valence-electron chi connectivity index (χ1n) is 16.4. The van der Waals surface area contributed by atoms with Gasteiger partial charge in [-0.3, -0.25) is 9.36 Å². The number of aryl methyl sites for hydroxylation is 1. The van der Waals surface area contributed by atoms with Crippen LogP contribution >= 0.6 is 0 Å². The molecule has 1 saturated heterocycles. The fourth-order valence-electron chi connectivity index (χ4n) is 6.35. The van der Waals surface area contributed by atoms with Crippen LogP contribution in [0.3, 0.4) is 0 Å². The smallest absolute Gasteiger partial charge is 0.290 e. The standard InChI is InChI=1S/C33H39N9O4.CH2O2/c1-2-24-40-41-31(45-24)28-26(43)27(44)32(46-28)42-18-36-25-29(38-33(39-30(25)42)37-22-15-13-21(34)14-16-22)35-17-23(19-9-5-3-6-10-19)20-11-7-4-8-12-20;2-1-3/h3-12,18,21-23,26-28,32,43-44H,2,13-17,34H2,1H3,(H2,35,37,38,39);1H,(H,2,3)/t21?,22?,26-,27+,28-,32+;/m0./s1. The van der Waals surface area contributed by atoms with Crippen molar-refractivity contribution in [2.24, 2.45) is 5.73 Å². The molecule has 1 aliphatic heterocycles. The van der Waals surface area contributed by atoms with E-state index in [4.69, 9.17) is 34.8 Å². The molecule has 0 radical (unpaired) electrons. The minimum atomic E-state index is -1.30. The number of carbonyl (C=O) groups is 1. The number of hydrogen-bond donors (Lipinski definition) is 6. The van der Waals surface area contributed by atoms with Crippen molar-refractivity contribution in [3.8, 4) is 0 Å². The van der Waals surface area contributed by atoms with Gasteiger partial charge in [0.2, 0.25) is 17.7 Å². The minimum Gasteiger partial charge on any atom is -0.483 e. The lowest BCUT2D eigenvalue weighted by Gasteiger charge is -2.27. The molecule has 258 valence electrons. The number of nitrogens with zero attached hydrogens (tertiary/aromatic N) is 6. The SMILES string of the molecule is CCc1nnc([C@H]2O[C@@H](n3cnc4c(NCC(c5ccccc5)c5ccccc5)nc(NC5CCC(N)CC5)nc43)[C@H](O)[C@@H]2O)o1.O=CO. The van der Waals surface area contributed by atoms with Crippen LogP contribution in [0, 0.1) is 0 Å². The summed E-state index contributed by atoms with van der Waals surface area (Å²) in [6.07, 6.45) is 1.15. The highest BCUT2D eigenvalue weighted by molar-refractivity contribution is 5.84. The van der Waals surface area contributed by atoms with Crippen molar-refractivity contribution in [1.82, 2.24) is 29.7 Å². The van der Waals surface area contributed by atoms with E-state index in [1.165, 1.54) is 11.1 Å². The first kappa shape index (κ1) is 33.9. The number of fused-ring (bicyclic) bond motifs is 1. The largest absolute Gasteiger partial charge is 0.483 e. The molecule has 7 rings (SSSR count). The number of nitrogens with two attached hydrogens (primary N) is 1. The van der Waals surface area contributed by atoms with E-state index in [0.29, 0.717) is 41.8 Å². The summed E-state index contributed by atoms with van der Waals surface area (Å²) in [5.74, 6) is 1.55. The van der Waals surface area contributed by atoms with Gasteiger partial charge in [-0.2, -0.15) is 9.97 Å². The van der Waals surface area contributed by atoms with Crippen molar-refractivity contribution in [1.29, 1.82) is 0 Å². The van der Waals surface area contributed by atoms with E-state index in [2.05, 4.69) is 50.1 Å². The van der Waals surface area contributed by atoms with Crippen LogP contribution in [0.15, 0.2) is 71.4 Å². The predicted octanol–water partition coefficient (Wildman–Crippen LogP) is 3.39. The van der Waals surface area contributed by atoms with Gasteiger partial charge in [0.1, 0.15) is 12.2 Å². The number of rotatable bonds is 10. The Morgan fingerprint density at radius 1 is 0.980 bits per heavy atom. The van der Waals surface area contributed by atoms with Crippen LogP contribution < -0.4 is 16.4 Å². The third-order valence-corrected chi connectivity index (χ3v) is 8.94. The molecule has 4 atom stereocenters. The molecular weight excluding hydrogens is 630 g/mol. The fourth-order valence-corrected chi connectivity index (χ4v) is 6.35. The van der Waals surface area contributed by atoms with Crippen molar-refractivity contribution in [3.05, 3.63) is 89.9 Å². The van der Waals surface area contributed by atoms with Gasteiger partial charge in [0, 0.05) is 31.0 Å². The van der Waals surface area contributed by atoms with E-state index in [9.17, 15) is 10.2 Å². The average molecular weight is 672 g/mol. The fraction of sp³-hybridized carbons (Fsp3) is 0.412. The molecule has 0 unspecified atom stereocenters. The molecule has 4 heterocycles. The number of aliphatic hydroxyl groups excluding tert-OH is 2. The summed E-state index contributed by atoms with van der Waals surface area (Å²) in [5, 5.41) is 44.1. The van der Waals surface area contributed by atoms with Crippen LogP contribution in [0.5, 0.6) is 0 Å². The van der Waals surface area contributed by atoms with E-state index >= 15 is 0 Å². The normalized spacial score (nSPS) is 23.6. The zero-order chi connectivity index (χ0) is 34.3. The van der Waals surface area contributed by atoms with Crippen molar-refractivity contribution < 1.29 is 29.3 Å². The van der Waals surface area contributed by atoms with Gasteiger partial charge in [-0.15, -0.1) is 10.2 Å². The highest BCUT2D eigenvalue weighted by Gasteiger charge is 2.47. The summed E-state index contributed by atoms with van der Waals surface area (Å²) in [7, 11) is 0. The van der Waals surface area contributed by atoms with Crippen LogP contribution in [0.2, 0.25) is 0 Å². The molecule has 15 nitrogen and oxygen atoms in total.